The molecule has 0 bridgehead atoms. The molecule has 2 aromatic heterocycles. The van der Waals surface area contributed by atoms with Gasteiger partial charge in [0.2, 0.25) is 0 Å². The fraction of sp³-hybridized carbons (Fsp3) is 0.486. The molecule has 0 aliphatic carbocycles. The smallest absolute Gasteiger partial charge is 0.354 e. The molecule has 0 saturated heterocycles. The topological polar surface area (TPSA) is 179 Å². The number of rotatable bonds is 12. The van der Waals surface area contributed by atoms with Gasteiger partial charge < -0.3 is 33.2 Å². The molecule has 0 aliphatic heterocycles. The van der Waals surface area contributed by atoms with Gasteiger partial charge >= 0.3 is 5.69 Å². The lowest BCUT2D eigenvalue weighted by Crippen LogP contribution is -2.23. The number of guanidine groups is 1. The van der Waals surface area contributed by atoms with Crippen molar-refractivity contribution in [2.75, 3.05) is 19.6 Å². The van der Waals surface area contributed by atoms with E-state index in [1.807, 2.05) is 30.5 Å². The van der Waals surface area contributed by atoms with Crippen molar-refractivity contribution in [2.24, 2.45) is 27.9 Å². The second-order valence-electron chi connectivity index (χ2n) is 14.3. The van der Waals surface area contributed by atoms with Crippen molar-refractivity contribution in [3.05, 3.63) is 92.7 Å². The fourth-order valence-corrected chi connectivity index (χ4v) is 5.45. The molecule has 0 amide bonds. The normalized spacial score (nSPS) is 11.8. The summed E-state index contributed by atoms with van der Waals surface area (Å²) in [6.45, 7) is 18.9. The molecule has 0 unspecified atom stereocenters. The molecule has 0 radical (unpaired) electrons. The number of aromatic nitrogens is 3. The Morgan fingerprint density at radius 2 is 1.64 bits per heavy atom. The van der Waals surface area contributed by atoms with Crippen LogP contribution in [0.15, 0.2) is 58.4 Å². The highest BCUT2D eigenvalue weighted by Gasteiger charge is 2.19. The molecule has 2 aromatic carbocycles. The van der Waals surface area contributed by atoms with Crippen LogP contribution in [-0.2, 0) is 30.3 Å². The van der Waals surface area contributed by atoms with E-state index in [4.69, 9.17) is 22.9 Å². The molecule has 0 saturated carbocycles. The number of fused-ring (bicyclic) bond motifs is 1. The first-order valence-corrected chi connectivity index (χ1v) is 16.7. The van der Waals surface area contributed by atoms with E-state index in [1.54, 1.807) is 4.57 Å². The molecule has 0 spiro atoms. The molecule has 10 heteroatoms. The number of unbranched alkanes of at least 4 members (excludes halogenated alkanes) is 1. The van der Waals surface area contributed by atoms with Crippen LogP contribution in [0.25, 0.3) is 16.7 Å². The second kappa shape index (κ2) is 16.7. The van der Waals surface area contributed by atoms with Crippen molar-refractivity contribution in [1.29, 1.82) is 0 Å². The Morgan fingerprint density at radius 3 is 2.23 bits per heavy atom. The maximum Gasteiger partial charge on any atom is 0.354 e. The van der Waals surface area contributed by atoms with Crippen LogP contribution in [0, 0.1) is 6.92 Å². The van der Waals surface area contributed by atoms with E-state index >= 15 is 0 Å². The third kappa shape index (κ3) is 11.1. The number of aromatic amines is 1. The van der Waals surface area contributed by atoms with Crippen LogP contribution in [0.1, 0.15) is 94.3 Å². The number of H-pyrrole nitrogens is 1. The first-order valence-electron chi connectivity index (χ1n) is 16.7. The number of nitrogens with one attached hydrogen (secondary N) is 2. The largest absolute Gasteiger partial charge is 0.370 e. The van der Waals surface area contributed by atoms with Gasteiger partial charge in [-0.05, 0) is 97.1 Å². The highest BCUT2D eigenvalue weighted by atomic mass is 16.1. The number of aliphatic imine (C=N–C) groups is 1. The summed E-state index contributed by atoms with van der Waals surface area (Å²) >= 11 is 0. The van der Waals surface area contributed by atoms with E-state index in [0.29, 0.717) is 18.7 Å². The van der Waals surface area contributed by atoms with E-state index in [9.17, 15) is 4.79 Å². The average molecular weight is 644 g/mol. The maximum absolute atomic E-state index is 12.5. The molecule has 10 nitrogen and oxygen atoms in total. The Balaban J connectivity index is 0.000000287. The number of hydrogen-bond acceptors (Lipinski definition) is 6. The number of benzene rings is 2. The minimum atomic E-state index is -0.301. The minimum absolute atomic E-state index is 0.0352. The van der Waals surface area contributed by atoms with Crippen molar-refractivity contribution >= 4 is 17.0 Å². The van der Waals surface area contributed by atoms with Crippen LogP contribution < -0.4 is 33.9 Å². The molecule has 0 aliphatic rings. The summed E-state index contributed by atoms with van der Waals surface area (Å²) in [6, 6.07) is 14.6. The van der Waals surface area contributed by atoms with Crippen molar-refractivity contribution in [3.8, 4) is 5.69 Å². The zero-order chi connectivity index (χ0) is 34.8. The summed E-state index contributed by atoms with van der Waals surface area (Å²) in [5.74, 6) is 0.123. The molecule has 47 heavy (non-hydrogen) atoms. The van der Waals surface area contributed by atoms with E-state index < -0.39 is 0 Å². The maximum atomic E-state index is 12.5. The predicted molar refractivity (Wildman–Crippen MR) is 197 cm³/mol. The molecule has 0 atom stereocenters. The average Bonchev–Trinajstić information content (AvgIpc) is 3.43. The number of nitrogens with zero attached hydrogens (tertiary/aromatic N) is 3. The van der Waals surface area contributed by atoms with Crippen LogP contribution in [-0.4, -0.2) is 40.1 Å². The standard InChI is InChI=1S/C21H29N7O.C16H28N2/c1-21(2,3)17-11-15-13-28(20(29)27-18(15)26-17)16-7-5-14(6-8-16)12-24-9-4-10-25-19(22)23;1-12-14(11-18)9-13(7-5-6-8-17)10-15(12)16(2,3)4/h5-8,11,13,24H,4,9-10,12H2,1-3H3,(H4,22,23,25)(H,26,27,29);9-10H,5-8,11,17-18H2,1-4H3. The molecule has 0 fully saturated rings. The Bertz CT molecular complexity index is 1670. The van der Waals surface area contributed by atoms with E-state index in [-0.39, 0.29) is 22.5 Å². The first kappa shape index (κ1) is 37.5. The van der Waals surface area contributed by atoms with Crippen LogP contribution in [0.5, 0.6) is 0 Å². The van der Waals surface area contributed by atoms with Gasteiger partial charge in [0.25, 0.3) is 0 Å². The Morgan fingerprint density at radius 1 is 0.936 bits per heavy atom. The van der Waals surface area contributed by atoms with Crippen molar-refractivity contribution in [2.45, 2.75) is 98.1 Å². The highest BCUT2D eigenvalue weighted by Crippen LogP contribution is 2.29. The molecule has 4 aromatic rings. The lowest BCUT2D eigenvalue weighted by Gasteiger charge is -2.24. The summed E-state index contributed by atoms with van der Waals surface area (Å²) in [4.78, 5) is 23.9. The zero-order valence-electron chi connectivity index (χ0n) is 29.5. The zero-order valence-corrected chi connectivity index (χ0v) is 29.5. The Hall–Kier alpha value is -3.99. The van der Waals surface area contributed by atoms with Crippen LogP contribution >= 0.6 is 0 Å². The van der Waals surface area contributed by atoms with Crippen LogP contribution in [0.2, 0.25) is 0 Å². The number of aryl methyl sites for hydroxylation is 1. The van der Waals surface area contributed by atoms with Crippen molar-refractivity contribution in [1.82, 2.24) is 19.9 Å². The van der Waals surface area contributed by atoms with Crippen LogP contribution in [0.3, 0.4) is 0 Å². The van der Waals surface area contributed by atoms with Gasteiger partial charge in [0.05, 0.1) is 5.69 Å². The first-order chi connectivity index (χ1) is 22.1. The minimum Gasteiger partial charge on any atom is -0.370 e. The molecule has 4 rings (SSSR count). The second-order valence-corrected chi connectivity index (χ2v) is 14.3. The van der Waals surface area contributed by atoms with Gasteiger partial charge in [-0.1, -0.05) is 65.8 Å². The van der Waals surface area contributed by atoms with E-state index in [2.05, 4.69) is 86.9 Å². The summed E-state index contributed by atoms with van der Waals surface area (Å²) < 4.78 is 1.58. The predicted octanol–water partition coefficient (Wildman–Crippen LogP) is 4.80. The molecular formula is C37H57N9O. The van der Waals surface area contributed by atoms with Gasteiger partial charge in [0.1, 0.15) is 5.65 Å². The quantitative estimate of drug-likeness (QED) is 0.0729. The number of nitrogens with two attached hydrogens (primary N) is 4. The molecular weight excluding hydrogens is 586 g/mol. The lowest BCUT2D eigenvalue weighted by atomic mass is 9.81. The summed E-state index contributed by atoms with van der Waals surface area (Å²) in [5, 5.41) is 4.27. The Kier molecular flexibility index (Phi) is 13.3. The van der Waals surface area contributed by atoms with Crippen LogP contribution in [0.4, 0.5) is 0 Å². The third-order valence-corrected chi connectivity index (χ3v) is 8.19. The molecule has 10 N–H and O–H groups in total. The molecule has 2 heterocycles. The fourth-order valence-electron chi connectivity index (χ4n) is 5.45. The van der Waals surface area contributed by atoms with Crippen molar-refractivity contribution in [3.63, 3.8) is 0 Å². The van der Waals surface area contributed by atoms with Gasteiger partial charge in [-0.3, -0.25) is 9.56 Å². The summed E-state index contributed by atoms with van der Waals surface area (Å²) in [5.41, 5.74) is 30.9. The third-order valence-electron chi connectivity index (χ3n) is 8.19. The lowest BCUT2D eigenvalue weighted by molar-refractivity contribution is 0.574. The highest BCUT2D eigenvalue weighted by molar-refractivity contribution is 5.76. The van der Waals surface area contributed by atoms with Gasteiger partial charge in [-0.2, -0.15) is 4.98 Å². The molecule has 256 valence electrons. The van der Waals surface area contributed by atoms with Gasteiger partial charge in [-0.15, -0.1) is 0 Å². The van der Waals surface area contributed by atoms with E-state index in [1.165, 1.54) is 22.3 Å². The number of hydrogen-bond donors (Lipinski definition) is 6. The summed E-state index contributed by atoms with van der Waals surface area (Å²) in [6.07, 6.45) is 6.06. The SMILES string of the molecule is CC(C)(C)c1cc2cn(-c3ccc(CNCCCN=C(N)N)cc3)c(=O)nc2[nH]1.Cc1c(CN)cc(CCCCN)cc1C(C)(C)C. The summed E-state index contributed by atoms with van der Waals surface area (Å²) in [7, 11) is 0. The van der Waals surface area contributed by atoms with Gasteiger partial charge in [-0.25, -0.2) is 4.79 Å². The monoisotopic (exact) mass is 643 g/mol. The van der Waals surface area contributed by atoms with Crippen molar-refractivity contribution < 1.29 is 0 Å². The Labute approximate surface area is 280 Å². The van der Waals surface area contributed by atoms with E-state index in [0.717, 1.165) is 67.6 Å². The van der Waals surface area contributed by atoms with Gasteiger partial charge in [0, 0.05) is 42.3 Å². The van der Waals surface area contributed by atoms with Gasteiger partial charge in [0.15, 0.2) is 5.96 Å².